The molecule has 5 aromatic rings. The first-order valence-electron chi connectivity index (χ1n) is 13.9. The van der Waals surface area contributed by atoms with Crippen LogP contribution < -0.4 is 29.1 Å². The lowest BCUT2D eigenvalue weighted by Gasteiger charge is -2.24. The monoisotopic (exact) mass is 716 g/mol. The minimum atomic E-state index is -0.587. The zero-order chi connectivity index (χ0) is 31.0. The molecule has 4 aromatic carbocycles. The molecule has 0 saturated carbocycles. The molecule has 1 aliphatic heterocycles. The molecule has 0 fully saturated rings. The van der Waals surface area contributed by atoms with E-state index in [1.807, 2.05) is 67.6 Å². The quantitative estimate of drug-likeness (QED) is 0.180. The first-order chi connectivity index (χ1) is 21.3. The number of hydrogen-bond acceptors (Lipinski definition) is 7. The molecule has 1 atom stereocenters. The van der Waals surface area contributed by atoms with Gasteiger partial charge in [-0.25, -0.2) is 4.99 Å². The van der Waals surface area contributed by atoms with Crippen molar-refractivity contribution < 1.29 is 19.0 Å². The number of Topliss-reactive ketones (excluding diaryl/α,β-unsaturated/α-hetero) is 1. The summed E-state index contributed by atoms with van der Waals surface area (Å²) in [7, 11) is 3.21. The molecule has 0 saturated heterocycles. The summed E-state index contributed by atoms with van der Waals surface area (Å²) in [5.41, 5.74) is 3.57. The fourth-order valence-electron chi connectivity index (χ4n) is 5.56. The Balaban J connectivity index is 1.39. The van der Waals surface area contributed by atoms with Gasteiger partial charge >= 0.3 is 0 Å². The van der Waals surface area contributed by atoms with E-state index < -0.39 is 6.04 Å². The van der Waals surface area contributed by atoms with Crippen LogP contribution in [0.25, 0.3) is 16.8 Å². The molecule has 0 radical (unpaired) electrons. The van der Waals surface area contributed by atoms with Crippen molar-refractivity contribution in [2.75, 3.05) is 14.2 Å². The number of thiazole rings is 1. The molecule has 0 N–H and O–H groups in total. The van der Waals surface area contributed by atoms with Crippen molar-refractivity contribution in [3.8, 4) is 17.2 Å². The number of nitrogens with zero attached hydrogens (tertiary/aromatic N) is 2. The van der Waals surface area contributed by atoms with Gasteiger partial charge in [0.25, 0.3) is 5.56 Å². The Morgan fingerprint density at radius 3 is 2.50 bits per heavy atom. The zero-order valence-corrected chi connectivity index (χ0v) is 27.6. The molecule has 9 heteroatoms. The van der Waals surface area contributed by atoms with Crippen LogP contribution in [-0.4, -0.2) is 24.6 Å². The van der Waals surface area contributed by atoms with Crippen LogP contribution in [0.15, 0.2) is 99.9 Å². The fourth-order valence-corrected chi connectivity index (χ4v) is 7.38. The number of rotatable bonds is 8. The molecule has 0 amide bonds. The first kappa shape index (κ1) is 29.8. The van der Waals surface area contributed by atoms with Crippen molar-refractivity contribution >= 4 is 56.6 Å². The lowest BCUT2D eigenvalue weighted by Crippen LogP contribution is -2.39. The molecular weight excluding hydrogens is 687 g/mol. The number of benzene rings is 4. The number of halogens is 1. The number of fused-ring (bicyclic) bond motifs is 2. The Morgan fingerprint density at radius 2 is 1.77 bits per heavy atom. The largest absolute Gasteiger partial charge is 0.497 e. The Kier molecular flexibility index (Phi) is 8.42. The van der Waals surface area contributed by atoms with Gasteiger partial charge in [-0.15, -0.1) is 0 Å². The van der Waals surface area contributed by atoms with Gasteiger partial charge in [-0.1, -0.05) is 65.9 Å². The number of carbonyl (C=O) groups excluding carboxylic acids is 1. The van der Waals surface area contributed by atoms with Crippen LogP contribution in [0.5, 0.6) is 17.2 Å². The van der Waals surface area contributed by atoms with E-state index in [4.69, 9.17) is 14.2 Å². The summed E-state index contributed by atoms with van der Waals surface area (Å²) in [6, 6.07) is 25.1. The van der Waals surface area contributed by atoms with Crippen molar-refractivity contribution in [1.82, 2.24) is 4.57 Å². The second-order valence-corrected chi connectivity index (χ2v) is 12.5. The maximum Gasteiger partial charge on any atom is 0.271 e. The number of aromatic nitrogens is 1. The summed E-state index contributed by atoms with van der Waals surface area (Å²) in [5.74, 6) is 1.78. The number of methoxy groups -OCH3 is 2. The average molecular weight is 717 g/mol. The minimum absolute atomic E-state index is 0.125. The van der Waals surface area contributed by atoms with Gasteiger partial charge in [0, 0.05) is 11.3 Å². The molecule has 1 aromatic heterocycles. The second kappa shape index (κ2) is 12.4. The Labute approximate surface area is 271 Å². The van der Waals surface area contributed by atoms with Crippen molar-refractivity contribution in [1.29, 1.82) is 0 Å². The van der Waals surface area contributed by atoms with Crippen LogP contribution in [0.1, 0.15) is 36.6 Å². The summed E-state index contributed by atoms with van der Waals surface area (Å²) in [4.78, 5) is 31.9. The zero-order valence-electron chi connectivity index (χ0n) is 24.6. The fraction of sp³-hybridized carbons (Fsp3) is 0.171. The van der Waals surface area contributed by atoms with E-state index in [0.29, 0.717) is 44.5 Å². The van der Waals surface area contributed by atoms with Gasteiger partial charge in [0.15, 0.2) is 22.1 Å². The minimum Gasteiger partial charge on any atom is -0.497 e. The molecule has 0 aliphatic carbocycles. The molecule has 44 heavy (non-hydrogen) atoms. The Morgan fingerprint density at radius 1 is 1.02 bits per heavy atom. The lowest BCUT2D eigenvalue weighted by molar-refractivity contribution is -0.114. The number of allylic oxidation sites excluding steroid dienone is 2. The summed E-state index contributed by atoms with van der Waals surface area (Å²) in [6.07, 6.45) is 1.83. The molecule has 2 heterocycles. The molecule has 0 unspecified atom stereocenters. The number of ketones is 1. The van der Waals surface area contributed by atoms with E-state index in [2.05, 4.69) is 51.8 Å². The third-order valence-corrected chi connectivity index (χ3v) is 9.42. The third kappa shape index (κ3) is 5.57. The predicted octanol–water partition coefficient (Wildman–Crippen LogP) is 6.18. The molecule has 0 bridgehead atoms. The smallest absolute Gasteiger partial charge is 0.271 e. The van der Waals surface area contributed by atoms with E-state index in [1.54, 1.807) is 18.8 Å². The summed E-state index contributed by atoms with van der Waals surface area (Å²) in [5, 5.41) is 2.30. The summed E-state index contributed by atoms with van der Waals surface area (Å²) in [6.45, 7) is 3.71. The molecule has 0 spiro atoms. The van der Waals surface area contributed by atoms with Gasteiger partial charge in [-0.05, 0) is 94.2 Å². The highest BCUT2D eigenvalue weighted by Gasteiger charge is 2.30. The van der Waals surface area contributed by atoms with Crippen molar-refractivity contribution in [3.63, 3.8) is 0 Å². The topological polar surface area (TPSA) is 79.1 Å². The van der Waals surface area contributed by atoms with E-state index in [1.165, 1.54) is 18.3 Å². The van der Waals surface area contributed by atoms with Gasteiger partial charge in [-0.2, -0.15) is 0 Å². The van der Waals surface area contributed by atoms with Gasteiger partial charge in [0.1, 0.15) is 12.4 Å². The van der Waals surface area contributed by atoms with Crippen LogP contribution in [0, 0.1) is 3.57 Å². The normalized spacial score (nSPS) is 14.8. The van der Waals surface area contributed by atoms with Gasteiger partial charge < -0.3 is 14.2 Å². The molecule has 1 aliphatic rings. The van der Waals surface area contributed by atoms with Gasteiger partial charge in [0.05, 0.1) is 28.4 Å². The Bertz CT molecular complexity index is 2120. The lowest BCUT2D eigenvalue weighted by atomic mass is 9.93. The van der Waals surface area contributed by atoms with Crippen LogP contribution in [0.2, 0.25) is 0 Å². The standard InChI is InChI=1S/C35H29IN2O5S/c1-20-31(21(2)39)32(24-12-14-26(41-3)15-13-24)38-34(40)30(44-35(38)37-20)18-22-16-28(36)33(29(17-22)42-4)43-19-25-10-7-9-23-8-5-6-11-27(23)25/h5-18,32H,19H2,1-4H3/t32-/m1/s1. The molecule has 6 rings (SSSR count). The van der Waals surface area contributed by atoms with Crippen LogP contribution in [0.4, 0.5) is 0 Å². The molecule has 7 nitrogen and oxygen atoms in total. The van der Waals surface area contributed by atoms with Crippen molar-refractivity contribution in [2.24, 2.45) is 4.99 Å². The van der Waals surface area contributed by atoms with E-state index in [9.17, 15) is 9.59 Å². The van der Waals surface area contributed by atoms with Crippen molar-refractivity contribution in [2.45, 2.75) is 26.5 Å². The van der Waals surface area contributed by atoms with E-state index in [0.717, 1.165) is 31.0 Å². The van der Waals surface area contributed by atoms with Crippen LogP contribution in [0.3, 0.4) is 0 Å². The second-order valence-electron chi connectivity index (χ2n) is 10.4. The average Bonchev–Trinajstić information content (AvgIpc) is 3.33. The van der Waals surface area contributed by atoms with Crippen molar-refractivity contribution in [3.05, 3.63) is 130 Å². The highest BCUT2D eigenvalue weighted by atomic mass is 127. The number of carbonyl (C=O) groups is 1. The maximum absolute atomic E-state index is 13.9. The first-order valence-corrected chi connectivity index (χ1v) is 15.8. The van der Waals surface area contributed by atoms with E-state index in [-0.39, 0.29) is 11.3 Å². The summed E-state index contributed by atoms with van der Waals surface area (Å²) < 4.78 is 20.3. The molecule has 222 valence electrons. The van der Waals surface area contributed by atoms with Crippen LogP contribution in [-0.2, 0) is 11.4 Å². The highest BCUT2D eigenvalue weighted by molar-refractivity contribution is 14.1. The SMILES string of the molecule is COc1ccc([C@@H]2C(C(C)=O)=C(C)N=c3sc(=Cc4cc(I)c(OCc5cccc6ccccc56)c(OC)c4)c(=O)n32)cc1. The highest BCUT2D eigenvalue weighted by Crippen LogP contribution is 2.36. The van der Waals surface area contributed by atoms with Gasteiger partial charge in [-0.3, -0.25) is 14.2 Å². The van der Waals surface area contributed by atoms with Gasteiger partial charge in [0.2, 0.25) is 0 Å². The number of hydrogen-bond donors (Lipinski definition) is 0. The Hall–Kier alpha value is -4.22. The third-order valence-electron chi connectivity index (χ3n) is 7.63. The predicted molar refractivity (Wildman–Crippen MR) is 181 cm³/mol. The molecular formula is C35H29IN2O5S. The van der Waals surface area contributed by atoms with E-state index >= 15 is 0 Å². The maximum atomic E-state index is 13.9. The summed E-state index contributed by atoms with van der Waals surface area (Å²) >= 11 is 3.53. The number of ether oxygens (including phenoxy) is 3. The van der Waals surface area contributed by atoms with Crippen LogP contribution >= 0.6 is 33.9 Å².